The molecule has 32 heavy (non-hydrogen) atoms. The second-order valence-electron chi connectivity index (χ2n) is 5.26. The van der Waals surface area contributed by atoms with Crippen molar-refractivity contribution in [3.63, 3.8) is 0 Å². The summed E-state index contributed by atoms with van der Waals surface area (Å²) in [5, 5.41) is 0. The average Bonchev–Trinajstić information content (AvgIpc) is 2.56. The van der Waals surface area contributed by atoms with E-state index in [0.717, 1.165) is 12.1 Å². The summed E-state index contributed by atoms with van der Waals surface area (Å²) < 4.78 is 173. The second kappa shape index (κ2) is 9.00. The standard InChI is InChI=1S/C10H9F6NO11S4/c1-29(18,19)26-6-7-2-4-8(5-3-7)30(20,21)27-17(31(22,23)9(11,12)13)28-32(24,25)10(14,15)16/h2-5H,6H2,1H3. The van der Waals surface area contributed by atoms with E-state index in [2.05, 4.69) is 12.8 Å². The molecule has 0 unspecified atom stereocenters. The maximum atomic E-state index is 12.6. The van der Waals surface area contributed by atoms with Crippen LogP contribution < -0.4 is 0 Å². The Morgan fingerprint density at radius 1 is 0.781 bits per heavy atom. The molecule has 0 aromatic heterocycles. The number of sulfonamides is 1. The van der Waals surface area contributed by atoms with Gasteiger partial charge in [-0.25, -0.2) is 0 Å². The van der Waals surface area contributed by atoms with Crippen molar-refractivity contribution >= 4 is 40.4 Å². The van der Waals surface area contributed by atoms with E-state index in [1.807, 2.05) is 0 Å². The summed E-state index contributed by atoms with van der Waals surface area (Å²) in [6.07, 6.45) is 0.671. The molecule has 22 heteroatoms. The molecule has 1 rings (SSSR count). The van der Waals surface area contributed by atoms with Crippen LogP contribution in [0.15, 0.2) is 29.2 Å². The molecule has 0 saturated heterocycles. The van der Waals surface area contributed by atoms with Crippen LogP contribution in [0.2, 0.25) is 0 Å². The van der Waals surface area contributed by atoms with E-state index in [4.69, 9.17) is 0 Å². The first-order valence-electron chi connectivity index (χ1n) is 7.00. The Labute approximate surface area is 176 Å². The minimum absolute atomic E-state index is 0.0370. The quantitative estimate of drug-likeness (QED) is 0.180. The van der Waals surface area contributed by atoms with E-state index in [-0.39, 0.29) is 5.56 Å². The molecule has 0 aliphatic heterocycles. The number of rotatable bonds is 9. The highest BCUT2D eigenvalue weighted by atomic mass is 32.2. The Kier molecular flexibility index (Phi) is 8.01. The molecule has 12 nitrogen and oxygen atoms in total. The minimum Gasteiger partial charge on any atom is -0.265 e. The van der Waals surface area contributed by atoms with Gasteiger partial charge in [0.05, 0.1) is 22.4 Å². The van der Waals surface area contributed by atoms with Crippen LogP contribution >= 0.6 is 0 Å². The highest BCUT2D eigenvalue weighted by Gasteiger charge is 2.58. The molecule has 1 aromatic rings. The summed E-state index contributed by atoms with van der Waals surface area (Å²) >= 11 is 0. The van der Waals surface area contributed by atoms with Crippen LogP contribution in [0.1, 0.15) is 5.56 Å². The summed E-state index contributed by atoms with van der Waals surface area (Å²) in [4.78, 5) is -1.20. The van der Waals surface area contributed by atoms with E-state index < -0.39 is 67.5 Å². The molecule has 1 aromatic carbocycles. The van der Waals surface area contributed by atoms with E-state index in [9.17, 15) is 60.0 Å². The number of alkyl halides is 6. The Hall–Kier alpha value is -1.56. The Bertz CT molecular complexity index is 1250. The van der Waals surface area contributed by atoms with E-state index in [1.54, 1.807) is 0 Å². The maximum Gasteiger partial charge on any atom is 0.524 e. The van der Waals surface area contributed by atoms with Crippen LogP contribution in [0.25, 0.3) is 0 Å². The highest BCUT2D eigenvalue weighted by molar-refractivity contribution is 7.92. The number of benzene rings is 1. The van der Waals surface area contributed by atoms with Crippen molar-refractivity contribution in [2.75, 3.05) is 6.26 Å². The zero-order chi connectivity index (χ0) is 25.4. The van der Waals surface area contributed by atoms with Crippen LogP contribution in [0.5, 0.6) is 0 Å². The zero-order valence-corrected chi connectivity index (χ0v) is 18.1. The van der Waals surface area contributed by atoms with Gasteiger partial charge in [0, 0.05) is 0 Å². The topological polar surface area (TPSA) is 167 Å². The summed E-state index contributed by atoms with van der Waals surface area (Å²) in [7, 11) is -24.1. The van der Waals surface area contributed by atoms with Crippen LogP contribution in [-0.4, -0.2) is 55.6 Å². The molecule has 0 amide bonds. The average molecular weight is 561 g/mol. The van der Waals surface area contributed by atoms with Gasteiger partial charge in [0.2, 0.25) is 0 Å². The van der Waals surface area contributed by atoms with Crippen molar-refractivity contribution < 1.29 is 72.8 Å². The second-order valence-corrected chi connectivity index (χ2v) is 11.7. The number of hydrogen-bond donors (Lipinski definition) is 0. The SMILES string of the molecule is CS(=O)(=O)OCc1ccc(S(=O)(=O)ON(OS(=O)(=O)C(F)(F)F)S(=O)(=O)C(F)(F)F)cc1. The maximum absolute atomic E-state index is 12.6. The molecule has 0 aliphatic carbocycles. The Balaban J connectivity index is 3.34. The predicted octanol–water partition coefficient (Wildman–Crippen LogP) is 0.716. The van der Waals surface area contributed by atoms with Crippen molar-refractivity contribution in [2.24, 2.45) is 0 Å². The van der Waals surface area contributed by atoms with Gasteiger partial charge in [0.25, 0.3) is 10.1 Å². The lowest BCUT2D eigenvalue weighted by atomic mass is 10.2. The minimum atomic E-state index is -7.26. The lowest BCUT2D eigenvalue weighted by Crippen LogP contribution is -2.45. The van der Waals surface area contributed by atoms with Crippen LogP contribution in [0.3, 0.4) is 0 Å². The van der Waals surface area contributed by atoms with Gasteiger partial charge < -0.3 is 0 Å². The molecule has 0 spiro atoms. The van der Waals surface area contributed by atoms with Gasteiger partial charge in [-0.1, -0.05) is 12.1 Å². The van der Waals surface area contributed by atoms with E-state index in [0.29, 0.717) is 18.4 Å². The first kappa shape index (κ1) is 28.5. The number of halogens is 6. The molecule has 0 bridgehead atoms. The van der Waals surface area contributed by atoms with Crippen molar-refractivity contribution in [3.05, 3.63) is 29.8 Å². The normalized spacial score (nSPS) is 14.6. The molecule has 0 radical (unpaired) electrons. The number of nitrogens with zero attached hydrogens (tertiary/aromatic N) is 1. The molecule has 0 aliphatic rings. The largest absolute Gasteiger partial charge is 0.524 e. The molecule has 186 valence electrons. The Morgan fingerprint density at radius 3 is 1.62 bits per heavy atom. The monoisotopic (exact) mass is 561 g/mol. The third kappa shape index (κ3) is 7.23. The molecule has 0 heterocycles. The van der Waals surface area contributed by atoms with Crippen molar-refractivity contribution in [2.45, 2.75) is 22.5 Å². The predicted molar refractivity (Wildman–Crippen MR) is 87.2 cm³/mol. The van der Waals surface area contributed by atoms with E-state index >= 15 is 0 Å². The highest BCUT2D eigenvalue weighted by Crippen LogP contribution is 2.33. The van der Waals surface area contributed by atoms with Gasteiger partial charge in [0.15, 0.2) is 0 Å². The molecule has 0 fully saturated rings. The third-order valence-electron chi connectivity index (χ3n) is 2.74. The fourth-order valence-corrected chi connectivity index (χ4v) is 4.05. The first-order chi connectivity index (χ1) is 14.0. The lowest BCUT2D eigenvalue weighted by molar-refractivity contribution is -0.192. The van der Waals surface area contributed by atoms with E-state index in [1.165, 1.54) is 0 Å². The van der Waals surface area contributed by atoms with Crippen molar-refractivity contribution in [1.29, 1.82) is 0 Å². The van der Waals surface area contributed by atoms with Gasteiger partial charge in [-0.05, 0) is 17.7 Å². The summed E-state index contributed by atoms with van der Waals surface area (Å²) in [5.41, 5.74) is -13.1. The van der Waals surface area contributed by atoms with Crippen molar-refractivity contribution in [3.8, 4) is 0 Å². The fourth-order valence-electron chi connectivity index (χ4n) is 1.35. The third-order valence-corrected chi connectivity index (χ3v) is 6.68. The fraction of sp³-hybridized carbons (Fsp3) is 0.400. The van der Waals surface area contributed by atoms with Crippen molar-refractivity contribution in [1.82, 2.24) is 4.63 Å². The molecule has 0 saturated carbocycles. The van der Waals surface area contributed by atoms with Gasteiger partial charge in [0.1, 0.15) is 0 Å². The summed E-state index contributed by atoms with van der Waals surface area (Å²) in [6.45, 7) is -0.637. The van der Waals surface area contributed by atoms with Gasteiger partial charge in [-0.3, -0.25) is 4.18 Å². The van der Waals surface area contributed by atoms with Crippen LogP contribution in [-0.2, 0) is 59.7 Å². The van der Waals surface area contributed by atoms with Crippen LogP contribution in [0.4, 0.5) is 26.3 Å². The lowest BCUT2D eigenvalue weighted by Gasteiger charge is -2.20. The molecular weight excluding hydrogens is 552 g/mol. The van der Waals surface area contributed by atoms with Gasteiger partial charge in [-0.2, -0.15) is 60.0 Å². The smallest absolute Gasteiger partial charge is 0.265 e. The molecular formula is C10H9F6NO11S4. The molecule has 0 atom stereocenters. The summed E-state index contributed by atoms with van der Waals surface area (Å²) in [5.74, 6) is 0. The Morgan fingerprint density at radius 2 is 1.25 bits per heavy atom. The zero-order valence-electron chi connectivity index (χ0n) is 14.9. The van der Waals surface area contributed by atoms with Gasteiger partial charge >= 0.3 is 41.3 Å². The van der Waals surface area contributed by atoms with Gasteiger partial charge in [-0.15, -0.1) is 8.57 Å². The van der Waals surface area contributed by atoms with Crippen LogP contribution in [0, 0.1) is 0 Å². The molecule has 0 N–H and O–H groups in total. The number of hydrogen-bond acceptors (Lipinski definition) is 11. The summed E-state index contributed by atoms with van der Waals surface area (Å²) in [6, 6.07) is 2.59. The first-order valence-corrected chi connectivity index (χ1v) is 13.1.